The van der Waals surface area contributed by atoms with E-state index in [4.69, 9.17) is 9.62 Å². The van der Waals surface area contributed by atoms with Gasteiger partial charge in [-0.1, -0.05) is 46.5 Å². The van der Waals surface area contributed by atoms with Crippen molar-refractivity contribution < 1.29 is 24.3 Å². The molecule has 0 aliphatic carbocycles. The van der Waals surface area contributed by atoms with Crippen LogP contribution in [0.1, 0.15) is 59.3 Å². The zero-order chi connectivity index (χ0) is 13.6. The van der Waals surface area contributed by atoms with E-state index in [-0.39, 0.29) is 0 Å². The van der Waals surface area contributed by atoms with E-state index in [1.807, 2.05) is 6.92 Å². The van der Waals surface area contributed by atoms with E-state index in [0.29, 0.717) is 19.1 Å². The molecule has 0 saturated heterocycles. The number of unbranched alkanes of at least 4 members (excludes halogenated alkanes) is 2. The van der Waals surface area contributed by atoms with Crippen molar-refractivity contribution >= 4 is 6.16 Å². The Morgan fingerprint density at radius 3 is 2.44 bits per heavy atom. The zero-order valence-corrected chi connectivity index (χ0v) is 11.8. The van der Waals surface area contributed by atoms with Crippen molar-refractivity contribution in [2.24, 2.45) is 5.92 Å². The topological polar surface area (TPSA) is 54.0 Å². The minimum atomic E-state index is -0.856. The van der Waals surface area contributed by atoms with Crippen LogP contribution in [0.3, 0.4) is 0 Å². The predicted molar refractivity (Wildman–Crippen MR) is 67.7 cm³/mol. The van der Waals surface area contributed by atoms with Gasteiger partial charge in [0.15, 0.2) is 0 Å². The monoisotopic (exact) mass is 262 g/mol. The van der Waals surface area contributed by atoms with Crippen molar-refractivity contribution in [3.63, 3.8) is 0 Å². The van der Waals surface area contributed by atoms with Crippen molar-refractivity contribution in [2.45, 2.75) is 59.3 Å². The molecule has 1 atom stereocenters. The Hall–Kier alpha value is -0.810. The third kappa shape index (κ3) is 10.4. The minimum absolute atomic E-state index is 0.340. The number of rotatable bonds is 11. The van der Waals surface area contributed by atoms with Crippen LogP contribution in [0.15, 0.2) is 0 Å². The smallest absolute Gasteiger partial charge is 0.432 e. The summed E-state index contributed by atoms with van der Waals surface area (Å²) >= 11 is 0. The summed E-state index contributed by atoms with van der Waals surface area (Å²) in [4.78, 5) is 20.1. The molecule has 0 radical (unpaired) electrons. The first kappa shape index (κ1) is 17.2. The van der Waals surface area contributed by atoms with Crippen LogP contribution >= 0.6 is 0 Å². The van der Waals surface area contributed by atoms with Crippen molar-refractivity contribution in [3.05, 3.63) is 0 Å². The van der Waals surface area contributed by atoms with Gasteiger partial charge in [0.1, 0.15) is 0 Å². The second kappa shape index (κ2) is 12.6. The molecule has 0 saturated carbocycles. The molecule has 0 fully saturated rings. The molecule has 108 valence electrons. The summed E-state index contributed by atoms with van der Waals surface area (Å²) in [5.41, 5.74) is 0. The van der Waals surface area contributed by atoms with Gasteiger partial charge in [0.25, 0.3) is 0 Å². The van der Waals surface area contributed by atoms with Crippen molar-refractivity contribution in [1.29, 1.82) is 0 Å². The number of carbonyl (C=O) groups excluding carboxylic acids is 1. The number of carbonyl (C=O) groups is 1. The molecule has 5 heteroatoms. The normalized spacial score (nSPS) is 12.2. The summed E-state index contributed by atoms with van der Waals surface area (Å²) < 4.78 is 4.71. The standard InChI is InChI=1S/C13H26O5/c1-4-7-9-12(6-3)11-16-18-17-13(14)15-10-8-5-2/h12H,4-11H2,1-3H3. The molecule has 0 heterocycles. The highest BCUT2D eigenvalue weighted by Crippen LogP contribution is 2.12. The molecular formula is C13H26O5. The molecule has 1 unspecified atom stereocenters. The lowest BCUT2D eigenvalue weighted by molar-refractivity contribution is -0.489. The maximum Gasteiger partial charge on any atom is 0.542 e. The summed E-state index contributed by atoms with van der Waals surface area (Å²) in [6.45, 7) is 7.03. The van der Waals surface area contributed by atoms with E-state index < -0.39 is 6.16 Å². The molecule has 18 heavy (non-hydrogen) atoms. The van der Waals surface area contributed by atoms with Gasteiger partial charge < -0.3 is 4.74 Å². The number of hydrogen-bond donors (Lipinski definition) is 0. The molecular weight excluding hydrogens is 236 g/mol. The Bertz CT molecular complexity index is 196. The summed E-state index contributed by atoms with van der Waals surface area (Å²) in [6.07, 6.45) is 5.36. The first-order valence-electron chi connectivity index (χ1n) is 6.87. The van der Waals surface area contributed by atoms with Crippen molar-refractivity contribution in [3.8, 4) is 0 Å². The zero-order valence-electron chi connectivity index (χ0n) is 11.8. The molecule has 0 aromatic heterocycles. The van der Waals surface area contributed by atoms with Gasteiger partial charge in [-0.15, -0.1) is 0 Å². The number of ether oxygens (including phenoxy) is 1. The fourth-order valence-corrected chi connectivity index (χ4v) is 1.40. The summed E-state index contributed by atoms with van der Waals surface area (Å²) in [5, 5.41) is 4.36. The van der Waals surface area contributed by atoms with Crippen molar-refractivity contribution in [1.82, 2.24) is 0 Å². The summed E-state index contributed by atoms with van der Waals surface area (Å²) in [6, 6.07) is 0. The number of hydrogen-bond acceptors (Lipinski definition) is 5. The Kier molecular flexibility index (Phi) is 12.1. The summed E-state index contributed by atoms with van der Waals surface area (Å²) in [7, 11) is 0. The lowest BCUT2D eigenvalue weighted by Gasteiger charge is -2.12. The fourth-order valence-electron chi connectivity index (χ4n) is 1.40. The summed E-state index contributed by atoms with van der Waals surface area (Å²) in [5.74, 6) is 0.435. The molecule has 0 aromatic carbocycles. The third-order valence-corrected chi connectivity index (χ3v) is 2.71. The van der Waals surface area contributed by atoms with Crippen LogP contribution in [-0.2, 0) is 19.6 Å². The van der Waals surface area contributed by atoms with E-state index in [2.05, 4.69) is 23.8 Å². The van der Waals surface area contributed by atoms with Gasteiger partial charge >= 0.3 is 6.16 Å². The van der Waals surface area contributed by atoms with Gasteiger partial charge in [0.05, 0.1) is 13.2 Å². The van der Waals surface area contributed by atoms with Gasteiger partial charge in [-0.3, -0.25) is 0 Å². The Morgan fingerprint density at radius 1 is 1.11 bits per heavy atom. The molecule has 0 amide bonds. The lowest BCUT2D eigenvalue weighted by Crippen LogP contribution is -2.13. The Labute approximate surface area is 110 Å². The van der Waals surface area contributed by atoms with Crippen LogP contribution in [0.4, 0.5) is 4.79 Å². The second-order valence-corrected chi connectivity index (χ2v) is 4.30. The molecule has 0 spiro atoms. The minimum Gasteiger partial charge on any atom is -0.432 e. The van der Waals surface area contributed by atoms with E-state index in [0.717, 1.165) is 32.1 Å². The largest absolute Gasteiger partial charge is 0.542 e. The highest BCUT2D eigenvalue weighted by Gasteiger charge is 2.09. The SMILES string of the molecule is CCCCOC(=O)OOOCC(CC)CCCC. The lowest BCUT2D eigenvalue weighted by atomic mass is 10.0. The molecule has 0 aliphatic heterocycles. The van der Waals surface area contributed by atoms with Crippen LogP contribution in [0.25, 0.3) is 0 Å². The quantitative estimate of drug-likeness (QED) is 0.243. The first-order valence-corrected chi connectivity index (χ1v) is 6.87. The highest BCUT2D eigenvalue weighted by atomic mass is 17.5. The van der Waals surface area contributed by atoms with Crippen LogP contribution in [0, 0.1) is 5.92 Å². The highest BCUT2D eigenvalue weighted by molar-refractivity contribution is 5.58. The van der Waals surface area contributed by atoms with Gasteiger partial charge in [0.2, 0.25) is 0 Å². The molecule has 0 N–H and O–H groups in total. The van der Waals surface area contributed by atoms with Gasteiger partial charge in [-0.25, -0.2) is 9.68 Å². The first-order chi connectivity index (χ1) is 8.74. The molecule has 0 bridgehead atoms. The maximum absolute atomic E-state index is 11.0. The van der Waals surface area contributed by atoms with E-state index in [1.54, 1.807) is 0 Å². The Balaban J connectivity index is 3.43. The molecule has 5 nitrogen and oxygen atoms in total. The van der Waals surface area contributed by atoms with Gasteiger partial charge in [-0.2, -0.15) is 4.89 Å². The van der Waals surface area contributed by atoms with Crippen LogP contribution in [0.5, 0.6) is 0 Å². The second-order valence-electron chi connectivity index (χ2n) is 4.30. The predicted octanol–water partition coefficient (Wildman–Crippen LogP) is 4.02. The average Bonchev–Trinajstić information content (AvgIpc) is 2.38. The van der Waals surface area contributed by atoms with Gasteiger partial charge in [0, 0.05) is 0 Å². The maximum atomic E-state index is 11.0. The van der Waals surface area contributed by atoms with Gasteiger partial charge in [-0.05, 0) is 23.8 Å². The molecule has 0 rings (SSSR count). The van der Waals surface area contributed by atoms with E-state index >= 15 is 0 Å². The van der Waals surface area contributed by atoms with Crippen LogP contribution in [0.2, 0.25) is 0 Å². The van der Waals surface area contributed by atoms with E-state index in [9.17, 15) is 4.79 Å². The Morgan fingerprint density at radius 2 is 1.83 bits per heavy atom. The average molecular weight is 262 g/mol. The molecule has 0 aliphatic rings. The fraction of sp³-hybridized carbons (Fsp3) is 0.923. The van der Waals surface area contributed by atoms with Crippen LogP contribution in [-0.4, -0.2) is 19.4 Å². The third-order valence-electron chi connectivity index (χ3n) is 2.71. The van der Waals surface area contributed by atoms with Crippen LogP contribution < -0.4 is 0 Å². The van der Waals surface area contributed by atoms with E-state index in [1.165, 1.54) is 6.42 Å². The molecule has 0 aromatic rings. The van der Waals surface area contributed by atoms with Crippen molar-refractivity contribution in [2.75, 3.05) is 13.2 Å².